The van der Waals surface area contributed by atoms with Crippen molar-refractivity contribution in [1.29, 1.82) is 0 Å². The Morgan fingerprint density at radius 2 is 1.36 bits per heavy atom. The highest BCUT2D eigenvalue weighted by atomic mass is 33.1. The van der Waals surface area contributed by atoms with E-state index in [1.165, 1.54) is 22.2 Å². The first kappa shape index (κ1) is 31.8. The minimum atomic E-state index is -1.79. The normalized spacial score (nSPS) is 13.3. The number of amides is 2. The smallest absolute Gasteiger partial charge is 0.214 e. The summed E-state index contributed by atoms with van der Waals surface area (Å²) in [6.45, 7) is 6.20. The number of anilines is 2. The van der Waals surface area contributed by atoms with E-state index in [0.717, 1.165) is 10.8 Å². The van der Waals surface area contributed by atoms with Crippen molar-refractivity contribution in [3.05, 3.63) is 56.4 Å². The van der Waals surface area contributed by atoms with Gasteiger partial charge in [-0.2, -0.15) is 0 Å². The molecule has 2 heterocycles. The van der Waals surface area contributed by atoms with Gasteiger partial charge in [-0.25, -0.2) is 24.1 Å². The van der Waals surface area contributed by atoms with Gasteiger partial charge in [-0.15, -0.1) is 0 Å². The molecule has 2 amide bonds. The van der Waals surface area contributed by atoms with Crippen LogP contribution >= 0.6 is 10.8 Å². The maximum absolute atomic E-state index is 13.6. The number of aryl methyl sites for hydroxylation is 2. The van der Waals surface area contributed by atoms with Crippen molar-refractivity contribution in [2.24, 2.45) is 0 Å². The second kappa shape index (κ2) is 15.3. The van der Waals surface area contributed by atoms with Crippen LogP contribution in [0.2, 0.25) is 0 Å². The molecule has 0 bridgehead atoms. The summed E-state index contributed by atoms with van der Waals surface area (Å²) in [5, 5.41) is 19.4. The molecule has 212 valence electrons. The van der Waals surface area contributed by atoms with Crippen molar-refractivity contribution in [3.8, 4) is 0 Å². The highest BCUT2D eigenvalue weighted by Gasteiger charge is 2.22. The molecule has 15 heteroatoms. The maximum atomic E-state index is 13.6. The number of hydrogen-bond acceptors (Lipinski definition) is 12. The monoisotopic (exact) mass is 578 g/mol. The van der Waals surface area contributed by atoms with Crippen LogP contribution in [0.15, 0.2) is 33.6 Å². The summed E-state index contributed by atoms with van der Waals surface area (Å²) >= 11 is 0. The molecule has 0 aliphatic carbocycles. The first-order chi connectivity index (χ1) is 18.6. The number of rotatable bonds is 15. The van der Waals surface area contributed by atoms with Crippen molar-refractivity contribution in [1.82, 2.24) is 29.7 Å². The third kappa shape index (κ3) is 8.81. The minimum Gasteiger partial charge on any atom is -0.396 e. The second-order valence-corrected chi connectivity index (χ2v) is 11.4. The summed E-state index contributed by atoms with van der Waals surface area (Å²) < 4.78 is 13.6. The topological polar surface area (TPSA) is 202 Å². The number of aliphatic hydroxyl groups is 2. The van der Waals surface area contributed by atoms with Crippen molar-refractivity contribution >= 4 is 45.1 Å². The Labute approximate surface area is 233 Å². The van der Waals surface area contributed by atoms with E-state index in [9.17, 15) is 24.0 Å². The van der Waals surface area contributed by atoms with E-state index < -0.39 is 9.83 Å². The van der Waals surface area contributed by atoms with E-state index in [2.05, 4.69) is 19.9 Å². The average molecular weight is 579 g/mol. The van der Waals surface area contributed by atoms with E-state index in [-0.39, 0.29) is 50.8 Å². The number of hydrogen-bond donors (Lipinski definition) is 4. The van der Waals surface area contributed by atoms with Crippen LogP contribution in [0, 0.1) is 13.8 Å². The van der Waals surface area contributed by atoms with Gasteiger partial charge >= 0.3 is 0 Å². The molecule has 0 aliphatic heterocycles. The number of aliphatic hydroxyl groups excluding tert-OH is 2. The Morgan fingerprint density at radius 1 is 0.897 bits per heavy atom. The Balaban J connectivity index is 2.39. The van der Waals surface area contributed by atoms with Gasteiger partial charge in [-0.05, 0) is 38.5 Å². The summed E-state index contributed by atoms with van der Waals surface area (Å²) in [5.41, 5.74) is 13.8. The zero-order valence-electron chi connectivity index (χ0n) is 22.3. The highest BCUT2D eigenvalue weighted by Crippen LogP contribution is 2.34. The highest BCUT2D eigenvalue weighted by molar-refractivity contribution is 8.72. The van der Waals surface area contributed by atoms with Gasteiger partial charge in [0.1, 0.15) is 33.1 Å². The summed E-state index contributed by atoms with van der Waals surface area (Å²) in [6.07, 6.45) is 4.37. The average Bonchev–Trinajstić information content (AvgIpc) is 2.90. The zero-order valence-corrected chi connectivity index (χ0v) is 24.0. The fraction of sp³-hybridized carbons (Fsp3) is 0.417. The molecule has 0 saturated heterocycles. The van der Waals surface area contributed by atoms with Crippen molar-refractivity contribution in [2.45, 2.75) is 53.6 Å². The number of nitrogen functional groups attached to an aromatic ring is 2. The van der Waals surface area contributed by atoms with E-state index in [4.69, 9.17) is 11.5 Å². The van der Waals surface area contributed by atoms with Crippen LogP contribution in [0.4, 0.5) is 11.6 Å². The predicted octanol–water partition coefficient (Wildman–Crippen LogP) is 1.29. The van der Waals surface area contributed by atoms with Gasteiger partial charge in [0.05, 0.1) is 13.1 Å². The van der Waals surface area contributed by atoms with Crippen LogP contribution < -0.4 is 11.5 Å². The lowest BCUT2D eigenvalue weighted by molar-refractivity contribution is -0.117. The van der Waals surface area contributed by atoms with Crippen LogP contribution in [0.5, 0.6) is 0 Å². The molecule has 13 nitrogen and oxygen atoms in total. The minimum absolute atomic E-state index is 0.0236. The van der Waals surface area contributed by atoms with Gasteiger partial charge < -0.3 is 31.5 Å². The molecule has 0 fully saturated rings. The molecule has 2 aromatic rings. The number of allylic oxidation sites excluding steroid dienone is 2. The fourth-order valence-electron chi connectivity index (χ4n) is 3.44. The summed E-state index contributed by atoms with van der Waals surface area (Å²) in [4.78, 5) is 43.9. The molecule has 0 aromatic carbocycles. The molecule has 1 unspecified atom stereocenters. The Hall–Kier alpha value is -3.40. The number of carbonyl (C=O) groups is 2. The van der Waals surface area contributed by atoms with E-state index in [1.54, 1.807) is 27.7 Å². The quantitative estimate of drug-likeness (QED) is 0.174. The number of nitrogens with two attached hydrogens (primary N) is 2. The number of carbonyl (C=O) groups excluding carboxylic acids is 2. The van der Waals surface area contributed by atoms with Gasteiger partial charge in [0, 0.05) is 70.8 Å². The van der Waals surface area contributed by atoms with Crippen molar-refractivity contribution in [2.75, 3.05) is 24.7 Å². The lowest BCUT2D eigenvalue weighted by Gasteiger charge is -2.24. The summed E-state index contributed by atoms with van der Waals surface area (Å²) in [5.74, 6) is 1.44. The molecular formula is C24H34N8O5S2. The van der Waals surface area contributed by atoms with Crippen LogP contribution in [0.25, 0.3) is 0 Å². The molecule has 1 atom stereocenters. The van der Waals surface area contributed by atoms with Crippen LogP contribution in [0.1, 0.15) is 49.5 Å². The molecule has 2 rings (SSSR count). The molecule has 6 N–H and O–H groups in total. The SMILES string of the molecule is C/C(=C(/CCO)SS(=O)/C(CCO)=C(\C)N(C=O)Cc1cnc(C)nc1N)N(C=O)Cc1cnc(C)nc1N. The van der Waals surface area contributed by atoms with Crippen LogP contribution in [-0.4, -0.2) is 70.2 Å². The van der Waals surface area contributed by atoms with E-state index >= 15 is 0 Å². The molecule has 0 radical (unpaired) electrons. The third-order valence-corrected chi connectivity index (χ3v) is 9.11. The van der Waals surface area contributed by atoms with Gasteiger partial charge in [-0.1, -0.05) is 0 Å². The van der Waals surface area contributed by atoms with Gasteiger partial charge in [-0.3, -0.25) is 9.59 Å². The molecule has 0 spiro atoms. The predicted molar refractivity (Wildman–Crippen MR) is 150 cm³/mol. The van der Waals surface area contributed by atoms with Crippen molar-refractivity contribution in [3.63, 3.8) is 0 Å². The first-order valence-corrected chi connectivity index (χ1v) is 14.4. The van der Waals surface area contributed by atoms with Crippen LogP contribution in [-0.2, 0) is 32.5 Å². The maximum Gasteiger partial charge on any atom is 0.214 e. The zero-order chi connectivity index (χ0) is 29.1. The lowest BCUT2D eigenvalue weighted by atomic mass is 10.2. The number of aromatic nitrogens is 4. The number of nitrogens with zero attached hydrogens (tertiary/aromatic N) is 6. The van der Waals surface area contributed by atoms with E-state index in [0.29, 0.717) is 56.8 Å². The molecule has 39 heavy (non-hydrogen) atoms. The largest absolute Gasteiger partial charge is 0.396 e. The van der Waals surface area contributed by atoms with E-state index in [1.807, 2.05) is 0 Å². The standard InChI is InChI=1S/C24H34N8O5S2/c1-15(31(13-35)11-19-9-27-17(3)29-23(19)25)21(5-7-33)38-39(37)22(6-8-34)16(2)32(14-36)12-20-10-28-18(4)30-24(20)26/h9-10,13-14,33-34H,5-8,11-12H2,1-4H3,(H2,25,27,29)(H2,26,28,30)/b21-15+,22-16+. The van der Waals surface area contributed by atoms with Gasteiger partial charge in [0.15, 0.2) is 0 Å². The fourth-order valence-corrected chi connectivity index (χ4v) is 6.82. The van der Waals surface area contributed by atoms with Crippen molar-refractivity contribution < 1.29 is 24.0 Å². The lowest BCUT2D eigenvalue weighted by Crippen LogP contribution is -2.23. The second-order valence-electron chi connectivity index (χ2n) is 8.40. The third-order valence-electron chi connectivity index (χ3n) is 5.70. The Bertz CT molecular complexity index is 1270. The summed E-state index contributed by atoms with van der Waals surface area (Å²) in [7, 11) is -0.868. The first-order valence-electron chi connectivity index (χ1n) is 11.9. The molecule has 2 aromatic heterocycles. The molecular weight excluding hydrogens is 544 g/mol. The summed E-state index contributed by atoms with van der Waals surface area (Å²) in [6, 6.07) is 0. The Kier molecular flexibility index (Phi) is 12.4. The molecule has 0 aliphatic rings. The van der Waals surface area contributed by atoms with Crippen LogP contribution in [0.3, 0.4) is 0 Å². The van der Waals surface area contributed by atoms with Gasteiger partial charge in [0.25, 0.3) is 0 Å². The molecule has 0 saturated carbocycles. The van der Waals surface area contributed by atoms with Gasteiger partial charge in [0.2, 0.25) is 12.8 Å². The Morgan fingerprint density at radius 3 is 1.77 bits per heavy atom.